The van der Waals surface area contributed by atoms with Gasteiger partial charge < -0.3 is 4.90 Å². The minimum absolute atomic E-state index is 0.0435. The van der Waals surface area contributed by atoms with E-state index >= 15 is 0 Å². The molecule has 0 N–H and O–H groups in total. The molecule has 0 fully saturated rings. The summed E-state index contributed by atoms with van der Waals surface area (Å²) in [4.78, 5) is 13.4. The molecule has 0 radical (unpaired) electrons. The van der Waals surface area contributed by atoms with E-state index in [0.717, 1.165) is 11.3 Å². The predicted octanol–water partition coefficient (Wildman–Crippen LogP) is 3.17. The van der Waals surface area contributed by atoms with Crippen molar-refractivity contribution in [3.8, 4) is 0 Å². The van der Waals surface area contributed by atoms with E-state index in [4.69, 9.17) is 10.7 Å². The van der Waals surface area contributed by atoms with E-state index in [-0.39, 0.29) is 10.8 Å². The molecule has 0 saturated heterocycles. The van der Waals surface area contributed by atoms with Gasteiger partial charge in [0.15, 0.2) is 0 Å². The van der Waals surface area contributed by atoms with Crippen LogP contribution in [0.4, 0.5) is 5.69 Å². The maximum atomic E-state index is 11.8. The van der Waals surface area contributed by atoms with Gasteiger partial charge in [-0.3, -0.25) is 4.79 Å². The zero-order chi connectivity index (χ0) is 15.5. The Kier molecular flexibility index (Phi) is 4.65. The van der Waals surface area contributed by atoms with Crippen molar-refractivity contribution in [2.24, 2.45) is 0 Å². The molecule has 0 saturated carbocycles. The first-order valence-electron chi connectivity index (χ1n) is 6.24. The Morgan fingerprint density at radius 2 is 1.62 bits per heavy atom. The first-order valence-corrected chi connectivity index (χ1v) is 8.55. The van der Waals surface area contributed by atoms with Crippen LogP contribution in [-0.2, 0) is 20.4 Å². The van der Waals surface area contributed by atoms with E-state index in [9.17, 15) is 13.2 Å². The van der Waals surface area contributed by atoms with Crippen LogP contribution >= 0.6 is 10.7 Å². The zero-order valence-electron chi connectivity index (χ0n) is 11.4. The standard InChI is InChI=1S/C15H14ClNO3S/c1-12(18)17(14-5-3-2-4-6-14)11-13-7-9-15(10-8-13)21(16,19)20/h2-10H,11H2,1H3. The number of amides is 1. The van der Waals surface area contributed by atoms with Crippen LogP contribution in [0.15, 0.2) is 59.5 Å². The summed E-state index contributed by atoms with van der Waals surface area (Å²) in [7, 11) is 1.55. The highest BCUT2D eigenvalue weighted by molar-refractivity contribution is 8.13. The average Bonchev–Trinajstić information content (AvgIpc) is 2.45. The molecule has 0 aromatic heterocycles. The molecule has 0 unspecified atom stereocenters. The van der Waals surface area contributed by atoms with Crippen molar-refractivity contribution in [2.45, 2.75) is 18.4 Å². The molecule has 1 amide bonds. The number of para-hydroxylation sites is 1. The maximum absolute atomic E-state index is 11.8. The topological polar surface area (TPSA) is 54.5 Å². The van der Waals surface area contributed by atoms with Gasteiger partial charge in [-0.1, -0.05) is 30.3 Å². The van der Waals surface area contributed by atoms with Crippen LogP contribution in [0.1, 0.15) is 12.5 Å². The Bertz CT molecular complexity index is 727. The fourth-order valence-corrected chi connectivity index (χ4v) is 2.70. The van der Waals surface area contributed by atoms with Gasteiger partial charge in [0, 0.05) is 23.3 Å². The Morgan fingerprint density at radius 3 is 2.10 bits per heavy atom. The minimum atomic E-state index is -3.72. The van der Waals surface area contributed by atoms with Gasteiger partial charge in [-0.15, -0.1) is 0 Å². The van der Waals surface area contributed by atoms with Gasteiger partial charge in [-0.2, -0.15) is 0 Å². The molecule has 2 aromatic carbocycles. The number of halogens is 1. The van der Waals surface area contributed by atoms with Crippen LogP contribution < -0.4 is 4.90 Å². The number of hydrogen-bond donors (Lipinski definition) is 0. The number of nitrogens with zero attached hydrogens (tertiary/aromatic N) is 1. The highest BCUT2D eigenvalue weighted by atomic mass is 35.7. The van der Waals surface area contributed by atoms with E-state index in [0.29, 0.717) is 6.54 Å². The van der Waals surface area contributed by atoms with Crippen molar-refractivity contribution in [2.75, 3.05) is 4.90 Å². The van der Waals surface area contributed by atoms with E-state index in [1.54, 1.807) is 17.0 Å². The van der Waals surface area contributed by atoms with Gasteiger partial charge in [-0.25, -0.2) is 8.42 Å². The molecule has 0 spiro atoms. The SMILES string of the molecule is CC(=O)N(Cc1ccc(S(=O)(=O)Cl)cc1)c1ccccc1. The number of carbonyl (C=O) groups excluding carboxylic acids is 1. The molecule has 6 heteroatoms. The zero-order valence-corrected chi connectivity index (χ0v) is 12.9. The summed E-state index contributed by atoms with van der Waals surface area (Å²) in [6.07, 6.45) is 0. The number of benzene rings is 2. The lowest BCUT2D eigenvalue weighted by molar-refractivity contribution is -0.116. The van der Waals surface area contributed by atoms with Crippen molar-refractivity contribution in [1.82, 2.24) is 0 Å². The lowest BCUT2D eigenvalue weighted by atomic mass is 10.2. The van der Waals surface area contributed by atoms with E-state index in [1.807, 2.05) is 30.3 Å². The quantitative estimate of drug-likeness (QED) is 0.812. The maximum Gasteiger partial charge on any atom is 0.261 e. The first kappa shape index (κ1) is 15.5. The third kappa shape index (κ3) is 4.06. The molecule has 0 aliphatic carbocycles. The Labute approximate surface area is 128 Å². The van der Waals surface area contributed by atoms with Crippen LogP contribution in [0.2, 0.25) is 0 Å². The molecule has 21 heavy (non-hydrogen) atoms. The van der Waals surface area contributed by atoms with Gasteiger partial charge in [0.25, 0.3) is 9.05 Å². The van der Waals surface area contributed by atoms with Gasteiger partial charge in [0.05, 0.1) is 11.4 Å². The number of hydrogen-bond acceptors (Lipinski definition) is 3. The van der Waals surface area contributed by atoms with Crippen molar-refractivity contribution in [1.29, 1.82) is 0 Å². The Hall–Kier alpha value is -1.85. The summed E-state index contributed by atoms with van der Waals surface area (Å²) >= 11 is 0. The molecule has 2 rings (SSSR count). The van der Waals surface area contributed by atoms with Crippen molar-refractivity contribution in [3.05, 3.63) is 60.2 Å². The molecule has 110 valence electrons. The second-order valence-corrected chi connectivity index (χ2v) is 7.09. The normalized spacial score (nSPS) is 11.1. The van der Waals surface area contributed by atoms with Crippen molar-refractivity contribution in [3.63, 3.8) is 0 Å². The molecule has 0 aliphatic rings. The first-order chi connectivity index (χ1) is 9.88. The molecule has 0 heterocycles. The van der Waals surface area contributed by atoms with Crippen LogP contribution in [0.25, 0.3) is 0 Å². The van der Waals surface area contributed by atoms with Crippen LogP contribution in [0, 0.1) is 0 Å². The van der Waals surface area contributed by atoms with Crippen LogP contribution in [-0.4, -0.2) is 14.3 Å². The average molecular weight is 324 g/mol. The minimum Gasteiger partial charge on any atom is -0.308 e. The lowest BCUT2D eigenvalue weighted by Gasteiger charge is -2.21. The summed E-state index contributed by atoms with van der Waals surface area (Å²) in [5.41, 5.74) is 1.61. The van der Waals surface area contributed by atoms with E-state index < -0.39 is 9.05 Å². The smallest absolute Gasteiger partial charge is 0.261 e. The van der Waals surface area contributed by atoms with Gasteiger partial charge in [-0.05, 0) is 29.8 Å². The number of rotatable bonds is 4. The molecule has 4 nitrogen and oxygen atoms in total. The predicted molar refractivity (Wildman–Crippen MR) is 82.8 cm³/mol. The Morgan fingerprint density at radius 1 is 1.05 bits per heavy atom. The van der Waals surface area contributed by atoms with Gasteiger partial charge >= 0.3 is 0 Å². The lowest BCUT2D eigenvalue weighted by Crippen LogP contribution is -2.27. The van der Waals surface area contributed by atoms with E-state index in [2.05, 4.69) is 0 Å². The van der Waals surface area contributed by atoms with Crippen molar-refractivity contribution < 1.29 is 13.2 Å². The molecular weight excluding hydrogens is 310 g/mol. The second-order valence-electron chi connectivity index (χ2n) is 4.52. The van der Waals surface area contributed by atoms with Gasteiger partial charge in [0.2, 0.25) is 5.91 Å². The monoisotopic (exact) mass is 323 g/mol. The molecule has 2 aromatic rings. The highest BCUT2D eigenvalue weighted by Gasteiger charge is 2.13. The summed E-state index contributed by atoms with van der Waals surface area (Å²) in [5.74, 6) is -0.0877. The Balaban J connectivity index is 2.24. The van der Waals surface area contributed by atoms with Crippen LogP contribution in [0.5, 0.6) is 0 Å². The fourth-order valence-electron chi connectivity index (χ4n) is 1.93. The summed E-state index contributed by atoms with van der Waals surface area (Å²) in [6, 6.07) is 15.4. The molecule has 0 bridgehead atoms. The summed E-state index contributed by atoms with van der Waals surface area (Å²) in [6.45, 7) is 1.85. The fraction of sp³-hybridized carbons (Fsp3) is 0.133. The summed E-state index contributed by atoms with van der Waals surface area (Å²) in [5, 5.41) is 0. The van der Waals surface area contributed by atoms with Gasteiger partial charge in [0.1, 0.15) is 0 Å². The largest absolute Gasteiger partial charge is 0.308 e. The van der Waals surface area contributed by atoms with Crippen LogP contribution in [0.3, 0.4) is 0 Å². The second kappa shape index (κ2) is 6.28. The third-order valence-corrected chi connectivity index (χ3v) is 4.36. The highest BCUT2D eigenvalue weighted by Crippen LogP contribution is 2.19. The summed E-state index contributed by atoms with van der Waals surface area (Å²) < 4.78 is 22.4. The number of anilines is 1. The number of carbonyl (C=O) groups is 1. The molecular formula is C15H14ClNO3S. The van der Waals surface area contributed by atoms with E-state index in [1.165, 1.54) is 19.1 Å². The molecule has 0 aliphatic heterocycles. The third-order valence-electron chi connectivity index (χ3n) is 2.99. The molecule has 0 atom stereocenters. The van der Waals surface area contributed by atoms with Crippen molar-refractivity contribution >= 4 is 31.3 Å².